The van der Waals surface area contributed by atoms with Crippen LogP contribution in [-0.2, 0) is 14.3 Å². The minimum Gasteiger partial charge on any atom is -0.480 e. The third-order valence-corrected chi connectivity index (χ3v) is 2.88. The fourth-order valence-corrected chi connectivity index (χ4v) is 1.69. The Kier molecular flexibility index (Phi) is 6.10. The van der Waals surface area contributed by atoms with E-state index in [1.165, 1.54) is 13.2 Å². The highest BCUT2D eigenvalue weighted by Crippen LogP contribution is 2.15. The van der Waals surface area contributed by atoms with Gasteiger partial charge in [0.2, 0.25) is 0 Å². The number of hydrogen-bond acceptors (Lipinski definition) is 4. The zero-order valence-corrected chi connectivity index (χ0v) is 11.8. The van der Waals surface area contributed by atoms with Gasteiger partial charge in [-0.05, 0) is 24.6 Å². The van der Waals surface area contributed by atoms with Gasteiger partial charge in [0, 0.05) is 11.4 Å². The lowest BCUT2D eigenvalue weighted by molar-refractivity contribution is -0.142. The van der Waals surface area contributed by atoms with Crippen molar-refractivity contribution in [2.45, 2.75) is 18.9 Å². The Bertz CT molecular complexity index is 563. The predicted octanol–water partition coefficient (Wildman–Crippen LogP) is 1.62. The van der Waals surface area contributed by atoms with Crippen molar-refractivity contribution in [3.05, 3.63) is 34.6 Å². The average molecular weight is 318 g/mol. The van der Waals surface area contributed by atoms with Gasteiger partial charge in [0.05, 0.1) is 12.7 Å². The number of carbonyl (C=O) groups excluding carboxylic acids is 2. The molecule has 0 aliphatic carbocycles. The number of carboxylic acid groups (broad SMARTS) is 1. The van der Waals surface area contributed by atoms with E-state index in [4.69, 9.17) is 16.7 Å². The summed E-state index contributed by atoms with van der Waals surface area (Å²) in [5, 5.41) is 11.2. The van der Waals surface area contributed by atoms with Crippen molar-refractivity contribution < 1.29 is 28.6 Å². The van der Waals surface area contributed by atoms with E-state index in [1.54, 1.807) is 0 Å². The number of carboxylic acids is 1. The van der Waals surface area contributed by atoms with E-state index in [-0.39, 0.29) is 23.4 Å². The van der Waals surface area contributed by atoms with Gasteiger partial charge < -0.3 is 15.2 Å². The molecule has 1 rings (SSSR count). The first-order valence-electron chi connectivity index (χ1n) is 5.90. The van der Waals surface area contributed by atoms with Gasteiger partial charge >= 0.3 is 11.9 Å². The molecule has 1 unspecified atom stereocenters. The van der Waals surface area contributed by atoms with Crippen LogP contribution in [0.1, 0.15) is 23.2 Å². The molecule has 6 nitrogen and oxygen atoms in total. The zero-order valence-electron chi connectivity index (χ0n) is 11.1. The van der Waals surface area contributed by atoms with Gasteiger partial charge in [0.15, 0.2) is 0 Å². The molecule has 0 bridgehead atoms. The molecule has 0 saturated heterocycles. The minimum atomic E-state index is -1.33. The molecule has 0 aliphatic rings. The summed E-state index contributed by atoms with van der Waals surface area (Å²) in [6, 6.07) is 2.07. The number of aliphatic carboxylic acids is 1. The van der Waals surface area contributed by atoms with Crippen LogP contribution in [0.3, 0.4) is 0 Å². The summed E-state index contributed by atoms with van der Waals surface area (Å²) in [5.41, 5.74) is -0.330. The Labute approximate surface area is 124 Å². The van der Waals surface area contributed by atoms with Crippen molar-refractivity contribution in [3.8, 4) is 0 Å². The van der Waals surface area contributed by atoms with Gasteiger partial charge in [-0.15, -0.1) is 0 Å². The molecule has 21 heavy (non-hydrogen) atoms. The van der Waals surface area contributed by atoms with Crippen LogP contribution in [0, 0.1) is 5.82 Å². The number of methoxy groups -OCH3 is 1. The van der Waals surface area contributed by atoms with Gasteiger partial charge in [-0.3, -0.25) is 9.59 Å². The smallest absolute Gasteiger partial charge is 0.326 e. The number of benzene rings is 1. The van der Waals surface area contributed by atoms with E-state index in [2.05, 4.69) is 10.1 Å². The number of hydrogen-bond donors (Lipinski definition) is 2. The largest absolute Gasteiger partial charge is 0.480 e. The molecule has 0 heterocycles. The number of amides is 1. The molecule has 1 atom stereocenters. The average Bonchev–Trinajstić information content (AvgIpc) is 2.42. The number of carbonyl (C=O) groups is 3. The van der Waals surface area contributed by atoms with Crippen LogP contribution in [0.5, 0.6) is 0 Å². The lowest BCUT2D eigenvalue weighted by atomic mass is 10.1. The van der Waals surface area contributed by atoms with Gasteiger partial charge in [-0.25, -0.2) is 9.18 Å². The van der Waals surface area contributed by atoms with E-state index in [0.717, 1.165) is 12.1 Å². The first-order valence-corrected chi connectivity index (χ1v) is 6.28. The maximum Gasteiger partial charge on any atom is 0.326 e. The highest BCUT2D eigenvalue weighted by molar-refractivity contribution is 6.30. The topological polar surface area (TPSA) is 92.7 Å². The summed E-state index contributed by atoms with van der Waals surface area (Å²) in [7, 11) is 1.17. The quantitative estimate of drug-likeness (QED) is 0.778. The molecule has 0 aliphatic heterocycles. The number of ether oxygens (including phenoxy) is 1. The number of halogens is 2. The molecule has 2 N–H and O–H groups in total. The maximum absolute atomic E-state index is 13.6. The molecule has 1 aromatic rings. The lowest BCUT2D eigenvalue weighted by Crippen LogP contribution is -2.41. The monoisotopic (exact) mass is 317 g/mol. The van der Waals surface area contributed by atoms with Crippen molar-refractivity contribution in [3.63, 3.8) is 0 Å². The van der Waals surface area contributed by atoms with Crippen LogP contribution in [0.15, 0.2) is 18.2 Å². The third kappa shape index (κ3) is 5.03. The summed E-state index contributed by atoms with van der Waals surface area (Å²) < 4.78 is 17.9. The van der Waals surface area contributed by atoms with Crippen LogP contribution < -0.4 is 5.32 Å². The van der Waals surface area contributed by atoms with E-state index >= 15 is 0 Å². The summed E-state index contributed by atoms with van der Waals surface area (Å²) >= 11 is 5.56. The Morgan fingerprint density at radius 1 is 1.43 bits per heavy atom. The molecule has 0 radical (unpaired) electrons. The summed E-state index contributed by atoms with van der Waals surface area (Å²) in [6.07, 6.45) is -0.347. The van der Waals surface area contributed by atoms with Crippen LogP contribution >= 0.6 is 11.6 Å². The fraction of sp³-hybridized carbons (Fsp3) is 0.308. The first kappa shape index (κ1) is 16.9. The second-order valence-corrected chi connectivity index (χ2v) is 4.54. The minimum absolute atomic E-state index is 0.115. The fourth-order valence-electron chi connectivity index (χ4n) is 1.53. The van der Waals surface area contributed by atoms with E-state index in [9.17, 15) is 18.8 Å². The Morgan fingerprint density at radius 3 is 2.62 bits per heavy atom. The Balaban J connectivity index is 2.76. The molecule has 8 heteroatoms. The highest BCUT2D eigenvalue weighted by atomic mass is 35.5. The van der Waals surface area contributed by atoms with Crippen molar-refractivity contribution >= 4 is 29.4 Å². The Morgan fingerprint density at radius 2 is 2.10 bits per heavy atom. The summed E-state index contributed by atoms with van der Waals surface area (Å²) in [5.74, 6) is -3.70. The zero-order chi connectivity index (χ0) is 16.0. The number of esters is 1. The Hall–Kier alpha value is -2.15. The molecule has 1 aromatic carbocycles. The van der Waals surface area contributed by atoms with Crippen LogP contribution in [0.4, 0.5) is 4.39 Å². The van der Waals surface area contributed by atoms with Gasteiger partial charge in [0.25, 0.3) is 5.91 Å². The SMILES string of the molecule is COC(=O)CCC(NC(=O)c1ccc(Cl)cc1F)C(=O)O. The maximum atomic E-state index is 13.6. The number of rotatable bonds is 6. The predicted molar refractivity (Wildman–Crippen MR) is 71.6 cm³/mol. The van der Waals surface area contributed by atoms with Gasteiger partial charge in [-0.2, -0.15) is 0 Å². The lowest BCUT2D eigenvalue weighted by Gasteiger charge is -2.14. The second-order valence-electron chi connectivity index (χ2n) is 4.10. The van der Waals surface area contributed by atoms with Crippen LogP contribution in [0.25, 0.3) is 0 Å². The normalized spacial score (nSPS) is 11.6. The molecule has 0 aromatic heterocycles. The summed E-state index contributed by atoms with van der Waals surface area (Å²) in [6.45, 7) is 0. The van der Waals surface area contributed by atoms with Gasteiger partial charge in [-0.1, -0.05) is 11.6 Å². The molecule has 0 saturated carbocycles. The van der Waals surface area contributed by atoms with E-state index in [1.807, 2.05) is 0 Å². The van der Waals surface area contributed by atoms with Crippen molar-refractivity contribution in [1.29, 1.82) is 0 Å². The summed E-state index contributed by atoms with van der Waals surface area (Å²) in [4.78, 5) is 33.8. The molecule has 0 spiro atoms. The number of nitrogens with one attached hydrogen (secondary N) is 1. The van der Waals surface area contributed by atoms with Crippen LogP contribution in [-0.4, -0.2) is 36.1 Å². The first-order chi connectivity index (χ1) is 9.85. The van der Waals surface area contributed by atoms with Crippen LogP contribution in [0.2, 0.25) is 5.02 Å². The molecule has 0 fully saturated rings. The van der Waals surface area contributed by atoms with Gasteiger partial charge in [0.1, 0.15) is 11.9 Å². The van der Waals surface area contributed by atoms with Crippen molar-refractivity contribution in [1.82, 2.24) is 5.32 Å². The molecule has 114 valence electrons. The molecular weight excluding hydrogens is 305 g/mol. The van der Waals surface area contributed by atoms with E-state index in [0.29, 0.717) is 0 Å². The molecular formula is C13H13ClFNO5. The highest BCUT2D eigenvalue weighted by Gasteiger charge is 2.23. The third-order valence-electron chi connectivity index (χ3n) is 2.64. The van der Waals surface area contributed by atoms with Crippen molar-refractivity contribution in [2.24, 2.45) is 0 Å². The van der Waals surface area contributed by atoms with Crippen molar-refractivity contribution in [2.75, 3.05) is 7.11 Å². The standard InChI is InChI=1S/C13H13ClFNO5/c1-21-11(17)5-4-10(13(19)20)16-12(18)8-3-2-7(14)6-9(8)15/h2-3,6,10H,4-5H2,1H3,(H,16,18)(H,19,20). The second kappa shape index (κ2) is 7.58. The molecule has 1 amide bonds. The van der Waals surface area contributed by atoms with E-state index < -0.39 is 29.7 Å².